The normalized spacial score (nSPS) is 32.6. The molecule has 0 saturated carbocycles. The van der Waals surface area contributed by atoms with E-state index in [1.165, 1.54) is 18.2 Å². The highest BCUT2D eigenvalue weighted by Crippen LogP contribution is 2.41. The molecule has 9 N–H and O–H groups in total. The molecule has 16 heteroatoms. The zero-order valence-corrected chi connectivity index (χ0v) is 22.7. The van der Waals surface area contributed by atoms with Crippen molar-refractivity contribution in [2.24, 2.45) is 0 Å². The maximum Gasteiger partial charge on any atom is 0.342 e. The van der Waals surface area contributed by atoms with E-state index in [9.17, 15) is 50.8 Å². The van der Waals surface area contributed by atoms with Crippen LogP contribution < -0.4 is 14.2 Å². The van der Waals surface area contributed by atoms with Gasteiger partial charge in [-0.05, 0) is 18.2 Å². The third-order valence-electron chi connectivity index (χ3n) is 7.03. The van der Waals surface area contributed by atoms with Gasteiger partial charge in [-0.3, -0.25) is 0 Å². The van der Waals surface area contributed by atoms with Crippen molar-refractivity contribution in [3.8, 4) is 23.0 Å². The van der Waals surface area contributed by atoms with Gasteiger partial charge in [0.05, 0.1) is 20.3 Å². The van der Waals surface area contributed by atoms with Crippen LogP contribution in [0.2, 0.25) is 0 Å². The number of aliphatic hydroxyl groups excluding tert-OH is 8. The van der Waals surface area contributed by atoms with Crippen LogP contribution in [0, 0.1) is 0 Å². The van der Waals surface area contributed by atoms with Gasteiger partial charge in [0, 0.05) is 5.56 Å². The fourth-order valence-corrected chi connectivity index (χ4v) is 4.55. The molecule has 0 radical (unpaired) electrons. The fourth-order valence-electron chi connectivity index (χ4n) is 4.55. The van der Waals surface area contributed by atoms with Gasteiger partial charge in [0.1, 0.15) is 66.8 Å². The Morgan fingerprint density at radius 1 is 0.744 bits per heavy atom. The smallest absolute Gasteiger partial charge is 0.342 e. The Morgan fingerprint density at radius 3 is 1.81 bits per heavy atom. The Bertz CT molecular complexity index is 1240. The molecule has 43 heavy (non-hydrogen) atoms. The minimum Gasteiger partial charge on any atom is -0.504 e. The first-order valence-corrected chi connectivity index (χ1v) is 13.1. The maximum absolute atomic E-state index is 12.9. The monoisotopic (exact) mass is 614 g/mol. The largest absolute Gasteiger partial charge is 0.504 e. The van der Waals surface area contributed by atoms with E-state index in [1.54, 1.807) is 12.1 Å². The summed E-state index contributed by atoms with van der Waals surface area (Å²) in [7, 11) is 1.16. The van der Waals surface area contributed by atoms with Crippen molar-refractivity contribution in [1.82, 2.24) is 0 Å². The molecule has 2 fully saturated rings. The van der Waals surface area contributed by atoms with Crippen LogP contribution in [0.15, 0.2) is 36.4 Å². The molecule has 0 bridgehead atoms. The van der Waals surface area contributed by atoms with Crippen LogP contribution in [0.4, 0.5) is 0 Å². The Morgan fingerprint density at radius 2 is 1.28 bits per heavy atom. The number of phenolic OH excluding ortho intramolecular Hbond substituents is 1. The van der Waals surface area contributed by atoms with Gasteiger partial charge >= 0.3 is 5.97 Å². The number of aromatic hydroxyl groups is 1. The highest BCUT2D eigenvalue weighted by Gasteiger charge is 2.46. The molecule has 2 aromatic rings. The molecule has 0 aliphatic carbocycles. The van der Waals surface area contributed by atoms with E-state index in [1.807, 2.05) is 0 Å². The van der Waals surface area contributed by atoms with Gasteiger partial charge in [-0.15, -0.1) is 0 Å². The lowest BCUT2D eigenvalue weighted by Gasteiger charge is -2.39. The second kappa shape index (κ2) is 14.0. The van der Waals surface area contributed by atoms with E-state index in [0.717, 1.165) is 13.2 Å². The minimum absolute atomic E-state index is 0.0877. The lowest BCUT2D eigenvalue weighted by molar-refractivity contribution is -0.277. The van der Waals surface area contributed by atoms with Crippen molar-refractivity contribution in [3.05, 3.63) is 47.5 Å². The summed E-state index contributed by atoms with van der Waals surface area (Å²) >= 11 is 0. The molecule has 4 rings (SSSR count). The molecule has 0 amide bonds. The summed E-state index contributed by atoms with van der Waals surface area (Å²) in [5.74, 6) is -2.17. The number of aliphatic hydroxyl groups is 8. The molecule has 10 atom stereocenters. The molecule has 0 unspecified atom stereocenters. The molecule has 2 aliphatic heterocycles. The number of carbonyl (C=O) groups is 1. The summed E-state index contributed by atoms with van der Waals surface area (Å²) in [6.45, 7) is -1.73. The molecular formula is C27H34O16. The van der Waals surface area contributed by atoms with Crippen LogP contribution in [0.25, 0.3) is 0 Å². The molecular weight excluding hydrogens is 580 g/mol. The topological polar surface area (TPSA) is 255 Å². The Hall–Kier alpha value is -3.29. The predicted octanol–water partition coefficient (Wildman–Crippen LogP) is -2.88. The quantitative estimate of drug-likeness (QED) is 0.122. The van der Waals surface area contributed by atoms with E-state index in [-0.39, 0.29) is 22.8 Å². The van der Waals surface area contributed by atoms with Gasteiger partial charge in [0.2, 0.25) is 18.3 Å². The van der Waals surface area contributed by atoms with Gasteiger partial charge < -0.3 is 74.4 Å². The average Bonchev–Trinajstić information content (AvgIpc) is 3.01. The molecule has 0 aromatic heterocycles. The van der Waals surface area contributed by atoms with Crippen molar-refractivity contribution in [3.63, 3.8) is 0 Å². The molecule has 16 nitrogen and oxygen atoms in total. The van der Waals surface area contributed by atoms with Crippen LogP contribution >= 0.6 is 0 Å². The van der Waals surface area contributed by atoms with Gasteiger partial charge in [0.25, 0.3) is 0 Å². The first-order valence-electron chi connectivity index (χ1n) is 13.1. The number of carbonyl (C=O) groups excluding carboxylic acids is 1. The second-order valence-electron chi connectivity index (χ2n) is 9.81. The first kappa shape index (κ1) is 32.6. The highest BCUT2D eigenvalue weighted by atomic mass is 16.7. The lowest BCUT2D eigenvalue weighted by atomic mass is 9.99. The third-order valence-corrected chi connectivity index (χ3v) is 7.03. The molecule has 238 valence electrons. The maximum atomic E-state index is 12.9. The van der Waals surface area contributed by atoms with Crippen molar-refractivity contribution < 1.29 is 79.2 Å². The summed E-state index contributed by atoms with van der Waals surface area (Å²) in [5.41, 5.74) is -0.0489. The highest BCUT2D eigenvalue weighted by molar-refractivity contribution is 5.94. The Labute approximate surface area is 244 Å². The van der Waals surface area contributed by atoms with Crippen LogP contribution in [-0.2, 0) is 20.8 Å². The Kier molecular flexibility index (Phi) is 10.6. The van der Waals surface area contributed by atoms with Gasteiger partial charge in [0.15, 0.2) is 11.5 Å². The van der Waals surface area contributed by atoms with Crippen molar-refractivity contribution in [2.45, 2.75) is 68.0 Å². The molecule has 2 heterocycles. The van der Waals surface area contributed by atoms with E-state index in [2.05, 4.69) is 0 Å². The van der Waals surface area contributed by atoms with E-state index < -0.39 is 93.0 Å². The number of methoxy groups -OCH3 is 1. The number of para-hydroxylation sites is 1. The van der Waals surface area contributed by atoms with E-state index in [4.69, 9.17) is 28.4 Å². The van der Waals surface area contributed by atoms with E-state index >= 15 is 0 Å². The third kappa shape index (κ3) is 6.78. The van der Waals surface area contributed by atoms with Crippen molar-refractivity contribution >= 4 is 5.97 Å². The summed E-state index contributed by atoms with van der Waals surface area (Å²) < 4.78 is 32.3. The molecule has 0 spiro atoms. The Balaban J connectivity index is 1.46. The number of hydrogen-bond donors (Lipinski definition) is 9. The number of ether oxygens (including phenoxy) is 6. The summed E-state index contributed by atoms with van der Waals surface area (Å²) in [6, 6.07) is 8.52. The summed E-state index contributed by atoms with van der Waals surface area (Å²) in [6.07, 6.45) is -15.5. The number of benzene rings is 2. The molecule has 2 aliphatic rings. The summed E-state index contributed by atoms with van der Waals surface area (Å²) in [4.78, 5) is 12.9. The van der Waals surface area contributed by atoms with E-state index in [0.29, 0.717) is 5.56 Å². The average molecular weight is 615 g/mol. The number of rotatable bonds is 10. The van der Waals surface area contributed by atoms with Gasteiger partial charge in [-0.2, -0.15) is 0 Å². The van der Waals surface area contributed by atoms with Gasteiger partial charge in [-0.25, -0.2) is 4.79 Å². The SMILES string of the molecule is COc1c(O[C@H]2O[C@@H](CO)[C@H](O)[C@@H](O)[C@@H]2O)ccc(C(=O)OCc2ccccc2O[C@@H]2O[C@H](CO)[C@@H](O)[C@H](O)[C@H]2O)c1O. The summed E-state index contributed by atoms with van der Waals surface area (Å²) in [5, 5.41) is 90.0. The van der Waals surface area contributed by atoms with Crippen molar-refractivity contribution in [2.75, 3.05) is 20.3 Å². The standard InChI is InChI=1S/C27H34O16/c1-38-24-14(41-27-23(36)21(34)19(32)16(9-29)43-27)7-6-12(17(24)30)25(37)39-10-11-4-2-3-5-13(11)40-26-22(35)20(33)18(31)15(8-28)42-26/h2-7,15-16,18-23,26-36H,8-10H2,1H3/t15-,16+,18-,19+,20+,21-,22-,23+,26-,27+/m1/s1. The second-order valence-corrected chi connectivity index (χ2v) is 9.81. The fraction of sp³-hybridized carbons (Fsp3) is 0.519. The zero-order chi connectivity index (χ0) is 31.4. The minimum atomic E-state index is -1.74. The predicted molar refractivity (Wildman–Crippen MR) is 139 cm³/mol. The lowest BCUT2D eigenvalue weighted by Crippen LogP contribution is -2.60. The van der Waals surface area contributed by atoms with Crippen LogP contribution in [0.3, 0.4) is 0 Å². The first-order chi connectivity index (χ1) is 20.5. The van der Waals surface area contributed by atoms with Gasteiger partial charge in [-0.1, -0.05) is 18.2 Å². The van der Waals surface area contributed by atoms with Crippen LogP contribution in [-0.4, -0.2) is 134 Å². The number of esters is 1. The number of hydrogen-bond acceptors (Lipinski definition) is 16. The van der Waals surface area contributed by atoms with Crippen LogP contribution in [0.5, 0.6) is 23.0 Å². The number of phenols is 1. The zero-order valence-electron chi connectivity index (χ0n) is 22.7. The molecule has 2 aromatic carbocycles. The van der Waals surface area contributed by atoms with Crippen LogP contribution in [0.1, 0.15) is 15.9 Å². The van der Waals surface area contributed by atoms with Crippen molar-refractivity contribution in [1.29, 1.82) is 0 Å². The molecule has 2 saturated heterocycles.